The van der Waals surface area contributed by atoms with Gasteiger partial charge < -0.3 is 19.3 Å². The zero-order valence-electron chi connectivity index (χ0n) is 21.3. The van der Waals surface area contributed by atoms with E-state index in [9.17, 15) is 18.0 Å². The van der Waals surface area contributed by atoms with Crippen molar-refractivity contribution in [2.45, 2.75) is 33.6 Å². The van der Waals surface area contributed by atoms with Crippen molar-refractivity contribution in [3.05, 3.63) is 88.5 Å². The van der Waals surface area contributed by atoms with Crippen molar-refractivity contribution in [3.8, 4) is 11.5 Å². The molecule has 1 aliphatic rings. The zero-order valence-corrected chi connectivity index (χ0v) is 21.3. The van der Waals surface area contributed by atoms with Crippen LogP contribution in [0.5, 0.6) is 11.5 Å². The lowest BCUT2D eigenvalue weighted by Gasteiger charge is -2.36. The summed E-state index contributed by atoms with van der Waals surface area (Å²) in [6, 6.07) is 16.6. The number of hydrogen-bond donors (Lipinski definition) is 0. The number of ether oxygens (including phenoxy) is 2. The van der Waals surface area contributed by atoms with E-state index in [1.165, 1.54) is 6.07 Å². The van der Waals surface area contributed by atoms with Gasteiger partial charge in [0.2, 0.25) is 0 Å². The maximum atomic E-state index is 13.3. The molecule has 196 valence electrons. The van der Waals surface area contributed by atoms with Crippen LogP contribution in [0.1, 0.15) is 39.5 Å². The molecule has 4 rings (SSSR count). The zero-order chi connectivity index (χ0) is 26.6. The lowest BCUT2D eigenvalue weighted by atomic mass is 10.1. The van der Waals surface area contributed by atoms with Gasteiger partial charge in [0.25, 0.3) is 5.91 Å². The minimum absolute atomic E-state index is 0.126. The van der Waals surface area contributed by atoms with Gasteiger partial charge in [0.1, 0.15) is 18.1 Å². The topological polar surface area (TPSA) is 42.0 Å². The van der Waals surface area contributed by atoms with Crippen LogP contribution in [0.4, 0.5) is 18.9 Å². The van der Waals surface area contributed by atoms with E-state index in [1.807, 2.05) is 37.8 Å². The molecular formula is C29H31F3N2O3. The van der Waals surface area contributed by atoms with Crippen molar-refractivity contribution in [2.24, 2.45) is 0 Å². The third kappa shape index (κ3) is 6.56. The molecule has 5 nitrogen and oxygen atoms in total. The standard InChI is InChI=1S/C29H31F3N2O3/c1-4-36-27-9-8-22(17-23(27)19-37-26-15-20(2)14-21(3)16-26)28(35)34-12-10-33(11-13-34)25-7-5-6-24(18-25)29(30,31)32/h5-9,14-18H,4,10-13,19H2,1-3H3. The smallest absolute Gasteiger partial charge is 0.416 e. The van der Waals surface area contributed by atoms with Gasteiger partial charge in [-0.2, -0.15) is 13.2 Å². The van der Waals surface area contributed by atoms with Gasteiger partial charge in [0, 0.05) is 43.0 Å². The predicted molar refractivity (Wildman–Crippen MR) is 137 cm³/mol. The van der Waals surface area contributed by atoms with E-state index in [4.69, 9.17) is 9.47 Å². The average Bonchev–Trinajstić information content (AvgIpc) is 2.87. The monoisotopic (exact) mass is 512 g/mol. The van der Waals surface area contributed by atoms with E-state index >= 15 is 0 Å². The molecule has 37 heavy (non-hydrogen) atoms. The lowest BCUT2D eigenvalue weighted by molar-refractivity contribution is -0.137. The highest BCUT2D eigenvalue weighted by Crippen LogP contribution is 2.32. The number of aryl methyl sites for hydroxylation is 2. The van der Waals surface area contributed by atoms with Crippen LogP contribution < -0.4 is 14.4 Å². The fraction of sp³-hybridized carbons (Fsp3) is 0.345. The van der Waals surface area contributed by atoms with Gasteiger partial charge in [-0.05, 0) is 80.4 Å². The summed E-state index contributed by atoms with van der Waals surface area (Å²) >= 11 is 0. The highest BCUT2D eigenvalue weighted by Gasteiger charge is 2.31. The van der Waals surface area contributed by atoms with E-state index < -0.39 is 11.7 Å². The summed E-state index contributed by atoms with van der Waals surface area (Å²) < 4.78 is 51.1. The number of carbonyl (C=O) groups excluding carboxylic acids is 1. The van der Waals surface area contributed by atoms with Gasteiger partial charge in [-0.25, -0.2) is 0 Å². The maximum absolute atomic E-state index is 13.3. The molecule has 0 N–H and O–H groups in total. The molecular weight excluding hydrogens is 481 g/mol. The number of anilines is 1. The van der Waals surface area contributed by atoms with Gasteiger partial charge in [-0.1, -0.05) is 12.1 Å². The van der Waals surface area contributed by atoms with E-state index in [-0.39, 0.29) is 12.5 Å². The van der Waals surface area contributed by atoms with E-state index in [0.29, 0.717) is 49.8 Å². The molecule has 8 heteroatoms. The Labute approximate surface area is 215 Å². The molecule has 0 atom stereocenters. The first-order chi connectivity index (χ1) is 17.6. The lowest BCUT2D eigenvalue weighted by Crippen LogP contribution is -2.48. The van der Waals surface area contributed by atoms with Crippen molar-refractivity contribution in [3.63, 3.8) is 0 Å². The Morgan fingerprint density at radius 3 is 2.24 bits per heavy atom. The molecule has 1 fully saturated rings. The molecule has 0 aliphatic carbocycles. The Bertz CT molecular complexity index is 1230. The molecule has 1 aliphatic heterocycles. The van der Waals surface area contributed by atoms with Crippen LogP contribution in [0.25, 0.3) is 0 Å². The summed E-state index contributed by atoms with van der Waals surface area (Å²) in [5.41, 5.74) is 3.34. The van der Waals surface area contributed by atoms with Crippen molar-refractivity contribution >= 4 is 11.6 Å². The van der Waals surface area contributed by atoms with Crippen molar-refractivity contribution in [1.82, 2.24) is 4.90 Å². The van der Waals surface area contributed by atoms with Crippen LogP contribution >= 0.6 is 0 Å². The molecule has 3 aromatic rings. The highest BCUT2D eigenvalue weighted by molar-refractivity contribution is 5.94. The molecule has 0 bridgehead atoms. The molecule has 1 amide bonds. The van der Waals surface area contributed by atoms with Gasteiger partial charge >= 0.3 is 6.18 Å². The third-order valence-electron chi connectivity index (χ3n) is 6.30. The number of benzene rings is 3. The van der Waals surface area contributed by atoms with Crippen LogP contribution in [-0.4, -0.2) is 43.6 Å². The molecule has 3 aromatic carbocycles. The van der Waals surface area contributed by atoms with Gasteiger partial charge in [-0.3, -0.25) is 4.79 Å². The summed E-state index contributed by atoms with van der Waals surface area (Å²) in [7, 11) is 0. The second-order valence-electron chi connectivity index (χ2n) is 9.19. The number of halogens is 3. The summed E-state index contributed by atoms with van der Waals surface area (Å²) in [6.45, 7) is 8.39. The second-order valence-corrected chi connectivity index (χ2v) is 9.19. The molecule has 0 spiro atoms. The molecule has 0 unspecified atom stereocenters. The quantitative estimate of drug-likeness (QED) is 0.375. The molecule has 0 radical (unpaired) electrons. The van der Waals surface area contributed by atoms with Gasteiger partial charge in [-0.15, -0.1) is 0 Å². The van der Waals surface area contributed by atoms with Gasteiger partial charge in [0.15, 0.2) is 0 Å². The Hall–Kier alpha value is -3.68. The van der Waals surface area contributed by atoms with Crippen LogP contribution in [0, 0.1) is 13.8 Å². The Morgan fingerprint density at radius 2 is 1.59 bits per heavy atom. The summed E-state index contributed by atoms with van der Waals surface area (Å²) in [5.74, 6) is 1.29. The predicted octanol–water partition coefficient (Wildman–Crippen LogP) is 6.26. The first kappa shape index (κ1) is 26.4. The molecule has 0 saturated carbocycles. The summed E-state index contributed by atoms with van der Waals surface area (Å²) in [6.07, 6.45) is -4.39. The largest absolute Gasteiger partial charge is 0.493 e. The third-order valence-corrected chi connectivity index (χ3v) is 6.30. The average molecular weight is 513 g/mol. The molecule has 0 aromatic heterocycles. The highest BCUT2D eigenvalue weighted by atomic mass is 19.4. The molecule has 1 heterocycles. The number of alkyl halides is 3. The van der Waals surface area contributed by atoms with Crippen molar-refractivity contribution < 1.29 is 27.4 Å². The Kier molecular flexibility index (Phi) is 7.95. The SMILES string of the molecule is CCOc1ccc(C(=O)N2CCN(c3cccc(C(F)(F)F)c3)CC2)cc1COc1cc(C)cc(C)c1. The number of amides is 1. The van der Waals surface area contributed by atoms with Crippen LogP contribution in [-0.2, 0) is 12.8 Å². The number of rotatable bonds is 7. The summed E-state index contributed by atoms with van der Waals surface area (Å²) in [4.78, 5) is 16.9. The number of piperazine rings is 1. The number of hydrogen-bond acceptors (Lipinski definition) is 4. The van der Waals surface area contributed by atoms with Crippen LogP contribution in [0.2, 0.25) is 0 Å². The maximum Gasteiger partial charge on any atom is 0.416 e. The first-order valence-corrected chi connectivity index (χ1v) is 12.3. The minimum atomic E-state index is -4.39. The van der Waals surface area contributed by atoms with E-state index in [2.05, 4.69) is 6.07 Å². The van der Waals surface area contributed by atoms with Crippen molar-refractivity contribution in [1.29, 1.82) is 0 Å². The van der Waals surface area contributed by atoms with E-state index in [1.54, 1.807) is 29.2 Å². The molecule has 1 saturated heterocycles. The normalized spacial score (nSPS) is 14.0. The number of nitrogens with zero attached hydrogens (tertiary/aromatic N) is 2. The Morgan fingerprint density at radius 1 is 0.892 bits per heavy atom. The van der Waals surface area contributed by atoms with Crippen LogP contribution in [0.3, 0.4) is 0 Å². The fourth-order valence-corrected chi connectivity index (χ4v) is 4.53. The summed E-state index contributed by atoms with van der Waals surface area (Å²) in [5, 5.41) is 0. The minimum Gasteiger partial charge on any atom is -0.493 e. The Balaban J connectivity index is 1.44. The first-order valence-electron chi connectivity index (χ1n) is 12.3. The van der Waals surface area contributed by atoms with Crippen LogP contribution in [0.15, 0.2) is 60.7 Å². The fourth-order valence-electron chi connectivity index (χ4n) is 4.53. The second kappa shape index (κ2) is 11.2. The van der Waals surface area contributed by atoms with Crippen molar-refractivity contribution in [2.75, 3.05) is 37.7 Å². The number of carbonyl (C=O) groups is 1. The van der Waals surface area contributed by atoms with E-state index in [0.717, 1.165) is 34.6 Å². The van der Waals surface area contributed by atoms with Gasteiger partial charge in [0.05, 0.1) is 12.2 Å².